The zero-order chi connectivity index (χ0) is 20.9. The van der Waals surface area contributed by atoms with E-state index in [1.807, 2.05) is 30.5 Å². The highest BCUT2D eigenvalue weighted by atomic mass is 16.6. The summed E-state index contributed by atoms with van der Waals surface area (Å²) >= 11 is 0. The van der Waals surface area contributed by atoms with Gasteiger partial charge in [0.2, 0.25) is 0 Å². The first-order chi connectivity index (χ1) is 14.5. The minimum atomic E-state index is -0.767. The van der Waals surface area contributed by atoms with E-state index in [1.165, 1.54) is 0 Å². The Labute approximate surface area is 174 Å². The maximum atomic E-state index is 11.0. The van der Waals surface area contributed by atoms with Gasteiger partial charge in [0.05, 0.1) is 32.5 Å². The van der Waals surface area contributed by atoms with Crippen molar-refractivity contribution < 1.29 is 19.3 Å². The number of aliphatic hydroxyl groups excluding tert-OH is 1. The SMILES string of the molecule is Cc1nc(N=CN(C)C)c2ncn([C@@H]3O[C@@]4(CN5CCOCC5)COC3C4O)c2n1. The third kappa shape index (κ3) is 3.26. The second-order valence-electron chi connectivity index (χ2n) is 8.31. The van der Waals surface area contributed by atoms with Gasteiger partial charge in [0, 0.05) is 33.7 Å². The van der Waals surface area contributed by atoms with Gasteiger partial charge in [-0.3, -0.25) is 9.47 Å². The molecule has 30 heavy (non-hydrogen) atoms. The number of imidazole rings is 1. The van der Waals surface area contributed by atoms with Crippen LogP contribution in [0.1, 0.15) is 12.1 Å². The molecule has 0 aromatic carbocycles. The van der Waals surface area contributed by atoms with E-state index in [1.54, 1.807) is 12.7 Å². The van der Waals surface area contributed by atoms with E-state index in [-0.39, 0.29) is 0 Å². The van der Waals surface area contributed by atoms with Crippen molar-refractivity contribution in [1.82, 2.24) is 29.3 Å². The Balaban J connectivity index is 1.46. The molecule has 0 aliphatic carbocycles. The summed E-state index contributed by atoms with van der Waals surface area (Å²) in [5.74, 6) is 1.08. The van der Waals surface area contributed by atoms with Crippen molar-refractivity contribution in [2.24, 2.45) is 4.99 Å². The van der Waals surface area contributed by atoms with Crippen molar-refractivity contribution in [2.45, 2.75) is 31.0 Å². The Morgan fingerprint density at radius 2 is 2.13 bits per heavy atom. The molecule has 0 saturated carbocycles. The fourth-order valence-electron chi connectivity index (χ4n) is 4.35. The highest BCUT2D eigenvalue weighted by Gasteiger charge is 2.62. The molecule has 5 heterocycles. The molecule has 3 aliphatic heterocycles. The van der Waals surface area contributed by atoms with Crippen LogP contribution in [0.2, 0.25) is 0 Å². The molecule has 2 aromatic heterocycles. The molecule has 11 nitrogen and oxygen atoms in total. The van der Waals surface area contributed by atoms with Crippen molar-refractivity contribution in [2.75, 3.05) is 53.6 Å². The number of fused-ring (bicyclic) bond motifs is 3. The molecule has 162 valence electrons. The average molecular weight is 417 g/mol. The van der Waals surface area contributed by atoms with E-state index < -0.39 is 24.0 Å². The summed E-state index contributed by atoms with van der Waals surface area (Å²) in [5, 5.41) is 11.0. The molecule has 2 aromatic rings. The van der Waals surface area contributed by atoms with Gasteiger partial charge in [-0.05, 0) is 6.92 Å². The molecule has 1 N–H and O–H groups in total. The summed E-state index contributed by atoms with van der Waals surface area (Å²) in [7, 11) is 3.78. The Hall–Kier alpha value is -2.18. The fourth-order valence-corrected chi connectivity index (χ4v) is 4.35. The first kappa shape index (κ1) is 19.8. The van der Waals surface area contributed by atoms with Crippen LogP contribution in [0.15, 0.2) is 11.3 Å². The Kier molecular flexibility index (Phi) is 4.94. The normalized spacial score (nSPS) is 31.9. The lowest BCUT2D eigenvalue weighted by molar-refractivity contribution is -0.181. The second-order valence-corrected chi connectivity index (χ2v) is 8.31. The van der Waals surface area contributed by atoms with Crippen LogP contribution < -0.4 is 0 Å². The van der Waals surface area contributed by atoms with Crippen LogP contribution in [-0.2, 0) is 14.2 Å². The molecule has 0 spiro atoms. The van der Waals surface area contributed by atoms with Crippen molar-refractivity contribution in [1.29, 1.82) is 0 Å². The number of nitrogens with zero attached hydrogens (tertiary/aromatic N) is 7. The smallest absolute Gasteiger partial charge is 0.185 e. The number of aliphatic hydroxyl groups is 1. The molecule has 4 atom stereocenters. The molecule has 3 fully saturated rings. The van der Waals surface area contributed by atoms with E-state index in [4.69, 9.17) is 14.2 Å². The molecule has 3 saturated heterocycles. The number of hydrogen-bond donors (Lipinski definition) is 1. The molecular formula is C19H27N7O4. The lowest BCUT2D eigenvalue weighted by atomic mass is 9.98. The highest BCUT2D eigenvalue weighted by Crippen LogP contribution is 2.46. The van der Waals surface area contributed by atoms with Crippen LogP contribution in [0, 0.1) is 6.92 Å². The number of rotatable bonds is 5. The highest BCUT2D eigenvalue weighted by molar-refractivity contribution is 5.83. The standard InChI is InChI=1S/C19H27N7O4/c1-12-22-16(21-10-24(2)3)13-17(23-12)26(11-20-13)18-14-15(27)19(30-18,9-29-14)8-25-4-6-28-7-5-25/h10-11,14-15,18,27H,4-9H2,1-3H3/t14?,15?,18-,19+/m1/s1. The molecule has 2 unspecified atom stereocenters. The molecule has 3 aliphatic rings. The van der Waals surface area contributed by atoms with Crippen LogP contribution in [0.25, 0.3) is 11.2 Å². The molecule has 0 amide bonds. The van der Waals surface area contributed by atoms with Gasteiger partial charge < -0.3 is 24.2 Å². The van der Waals surface area contributed by atoms with Crippen LogP contribution in [0.5, 0.6) is 0 Å². The predicted molar refractivity (Wildman–Crippen MR) is 108 cm³/mol. The summed E-state index contributed by atoms with van der Waals surface area (Å²) in [6.45, 7) is 5.81. The molecule has 2 bridgehead atoms. The van der Waals surface area contributed by atoms with Gasteiger partial charge in [-0.1, -0.05) is 0 Å². The van der Waals surface area contributed by atoms with Crippen molar-refractivity contribution in [3.05, 3.63) is 12.2 Å². The first-order valence-corrected chi connectivity index (χ1v) is 10.2. The summed E-state index contributed by atoms with van der Waals surface area (Å²) in [6.07, 6.45) is 1.62. The quantitative estimate of drug-likeness (QED) is 0.518. The number of morpholine rings is 1. The first-order valence-electron chi connectivity index (χ1n) is 10.2. The average Bonchev–Trinajstić information content (AvgIpc) is 3.36. The third-order valence-electron chi connectivity index (χ3n) is 5.80. The van der Waals surface area contributed by atoms with E-state index in [0.29, 0.717) is 49.2 Å². The monoisotopic (exact) mass is 417 g/mol. The third-order valence-corrected chi connectivity index (χ3v) is 5.80. The zero-order valence-corrected chi connectivity index (χ0v) is 17.4. The van der Waals surface area contributed by atoms with Gasteiger partial charge in [0.25, 0.3) is 0 Å². The van der Waals surface area contributed by atoms with Crippen molar-refractivity contribution in [3.63, 3.8) is 0 Å². The number of aryl methyl sites for hydroxylation is 1. The lowest BCUT2D eigenvalue weighted by Crippen LogP contribution is -2.53. The topological polar surface area (TPSA) is 110 Å². The lowest BCUT2D eigenvalue weighted by Gasteiger charge is -2.37. The van der Waals surface area contributed by atoms with Gasteiger partial charge in [-0.25, -0.2) is 19.9 Å². The number of aliphatic imine (C=N–C) groups is 1. The van der Waals surface area contributed by atoms with Crippen molar-refractivity contribution >= 4 is 23.3 Å². The van der Waals surface area contributed by atoms with E-state index in [2.05, 4.69) is 24.8 Å². The van der Waals surface area contributed by atoms with Gasteiger partial charge in [0.15, 0.2) is 23.2 Å². The minimum absolute atomic E-state index is 0.367. The molecule has 11 heteroatoms. The van der Waals surface area contributed by atoms with Crippen LogP contribution in [-0.4, -0.2) is 112 Å². The fraction of sp³-hybridized carbons (Fsp3) is 0.684. The number of ether oxygens (including phenoxy) is 3. The number of hydrogen-bond acceptors (Lipinski definition) is 9. The predicted octanol–water partition coefficient (Wildman–Crippen LogP) is -0.284. The van der Waals surface area contributed by atoms with E-state index >= 15 is 0 Å². The summed E-state index contributed by atoms with van der Waals surface area (Å²) in [4.78, 5) is 22.0. The van der Waals surface area contributed by atoms with Gasteiger partial charge >= 0.3 is 0 Å². The molecular weight excluding hydrogens is 390 g/mol. The summed E-state index contributed by atoms with van der Waals surface area (Å²) in [6, 6.07) is 0. The van der Waals surface area contributed by atoms with Crippen LogP contribution in [0.3, 0.4) is 0 Å². The maximum Gasteiger partial charge on any atom is 0.185 e. The van der Waals surface area contributed by atoms with Gasteiger partial charge in [-0.2, -0.15) is 0 Å². The van der Waals surface area contributed by atoms with Gasteiger partial charge in [0.1, 0.15) is 23.6 Å². The van der Waals surface area contributed by atoms with Crippen LogP contribution >= 0.6 is 0 Å². The largest absolute Gasteiger partial charge is 0.387 e. The maximum absolute atomic E-state index is 11.0. The summed E-state index contributed by atoms with van der Waals surface area (Å²) in [5.41, 5.74) is 0.433. The van der Waals surface area contributed by atoms with E-state index in [9.17, 15) is 5.11 Å². The van der Waals surface area contributed by atoms with Gasteiger partial charge in [-0.15, -0.1) is 0 Å². The second kappa shape index (κ2) is 7.50. The molecule has 5 rings (SSSR count). The Bertz CT molecular complexity index is 958. The zero-order valence-electron chi connectivity index (χ0n) is 17.4. The van der Waals surface area contributed by atoms with Crippen LogP contribution in [0.4, 0.5) is 5.82 Å². The number of aromatic nitrogens is 4. The van der Waals surface area contributed by atoms with E-state index in [0.717, 1.165) is 13.1 Å². The Morgan fingerprint density at radius 3 is 2.90 bits per heavy atom. The Morgan fingerprint density at radius 1 is 1.33 bits per heavy atom. The minimum Gasteiger partial charge on any atom is -0.387 e. The van der Waals surface area contributed by atoms with Crippen molar-refractivity contribution in [3.8, 4) is 0 Å². The summed E-state index contributed by atoms with van der Waals surface area (Å²) < 4.78 is 19.7. The molecule has 0 radical (unpaired) electrons.